The maximum absolute atomic E-state index is 12.4. The highest BCUT2D eigenvalue weighted by Crippen LogP contribution is 2.25. The summed E-state index contributed by atoms with van der Waals surface area (Å²) in [5.74, 6) is -1.04. The van der Waals surface area contributed by atoms with Crippen molar-refractivity contribution in [2.24, 2.45) is 5.41 Å². The van der Waals surface area contributed by atoms with Crippen LogP contribution in [0.15, 0.2) is 17.5 Å². The van der Waals surface area contributed by atoms with Crippen molar-refractivity contribution in [2.45, 2.75) is 33.7 Å². The molecule has 1 unspecified atom stereocenters. The Hall–Kier alpha value is -1.62. The van der Waals surface area contributed by atoms with E-state index in [4.69, 9.17) is 5.11 Å². The van der Waals surface area contributed by atoms with Gasteiger partial charge in [0, 0.05) is 29.4 Å². The normalized spacial score (nSPS) is 13.4. The zero-order valence-electron chi connectivity index (χ0n) is 12.5. The van der Waals surface area contributed by atoms with Gasteiger partial charge < -0.3 is 10.0 Å². The second kappa shape index (κ2) is 6.22. The number of thiophene rings is 1. The van der Waals surface area contributed by atoms with Crippen LogP contribution in [-0.2, 0) is 4.79 Å². The van der Waals surface area contributed by atoms with E-state index in [9.17, 15) is 9.59 Å². The van der Waals surface area contributed by atoms with Crippen LogP contribution in [0, 0.1) is 5.41 Å². The summed E-state index contributed by atoms with van der Waals surface area (Å²) in [6.07, 6.45) is 2.57. The molecule has 20 heavy (non-hydrogen) atoms. The van der Waals surface area contributed by atoms with Gasteiger partial charge in [0.05, 0.1) is 5.56 Å². The molecule has 0 radical (unpaired) electrons. The second-order valence-corrected chi connectivity index (χ2v) is 6.81. The van der Waals surface area contributed by atoms with Crippen LogP contribution in [-0.4, -0.2) is 35.0 Å². The number of carbonyl (C=O) groups excluding carboxylic acids is 1. The lowest BCUT2D eigenvalue weighted by molar-refractivity contribution is -0.131. The molecular formula is C15H21NO3S. The zero-order chi connectivity index (χ0) is 15.5. The summed E-state index contributed by atoms with van der Waals surface area (Å²) in [4.78, 5) is 25.3. The highest BCUT2D eigenvalue weighted by Gasteiger charge is 2.27. The smallest absolute Gasteiger partial charge is 0.328 e. The highest BCUT2D eigenvalue weighted by atomic mass is 32.1. The summed E-state index contributed by atoms with van der Waals surface area (Å²) in [6, 6.07) is 1.83. The van der Waals surface area contributed by atoms with Crippen LogP contribution >= 0.6 is 11.3 Å². The maximum Gasteiger partial charge on any atom is 0.328 e. The fourth-order valence-electron chi connectivity index (χ4n) is 1.67. The summed E-state index contributed by atoms with van der Waals surface area (Å²) in [6.45, 7) is 8.30. The van der Waals surface area contributed by atoms with Crippen LogP contribution in [0.3, 0.4) is 0 Å². The number of hydrogen-bond donors (Lipinski definition) is 1. The molecule has 5 heteroatoms. The number of amides is 1. The average molecular weight is 295 g/mol. The summed E-state index contributed by atoms with van der Waals surface area (Å²) in [5, 5.41) is 10.3. The Labute approximate surface area is 123 Å². The number of carboxylic acids is 1. The molecule has 0 aliphatic heterocycles. The van der Waals surface area contributed by atoms with Crippen LogP contribution in [0.5, 0.6) is 0 Å². The summed E-state index contributed by atoms with van der Waals surface area (Å²) >= 11 is 1.36. The van der Waals surface area contributed by atoms with Gasteiger partial charge in [-0.15, -0.1) is 11.3 Å². The molecule has 0 aliphatic carbocycles. The first-order valence-corrected chi connectivity index (χ1v) is 7.27. The van der Waals surface area contributed by atoms with Gasteiger partial charge in [-0.2, -0.15) is 0 Å². The van der Waals surface area contributed by atoms with E-state index in [1.54, 1.807) is 23.4 Å². The summed E-state index contributed by atoms with van der Waals surface area (Å²) in [7, 11) is 1.79. The first kappa shape index (κ1) is 16.4. The largest absolute Gasteiger partial charge is 0.478 e. The fourth-order valence-corrected chi connectivity index (χ4v) is 2.44. The number of nitrogens with zero attached hydrogens (tertiary/aromatic N) is 1. The lowest BCUT2D eigenvalue weighted by Crippen LogP contribution is -2.42. The first-order valence-electron chi connectivity index (χ1n) is 6.39. The standard InChI is InChI=1S/C15H21NO3S/c1-10(15(2,3)4)16(5)14(19)11-8-12(20-9-11)6-7-13(17)18/h6-10H,1-5H3,(H,17,18). The third-order valence-electron chi connectivity index (χ3n) is 3.41. The van der Waals surface area contributed by atoms with Crippen molar-refractivity contribution in [3.05, 3.63) is 28.0 Å². The molecule has 1 N–H and O–H groups in total. The van der Waals surface area contributed by atoms with Crippen LogP contribution in [0.25, 0.3) is 6.08 Å². The minimum atomic E-state index is -0.996. The number of hydrogen-bond acceptors (Lipinski definition) is 3. The Morgan fingerprint density at radius 2 is 2.00 bits per heavy atom. The Bertz CT molecular complexity index is 525. The van der Waals surface area contributed by atoms with Crippen LogP contribution in [0.1, 0.15) is 42.9 Å². The minimum absolute atomic E-state index is 0.00642. The van der Waals surface area contributed by atoms with Gasteiger partial charge in [-0.3, -0.25) is 4.79 Å². The van der Waals surface area contributed by atoms with E-state index in [2.05, 4.69) is 20.8 Å². The van der Waals surface area contributed by atoms with Gasteiger partial charge in [0.25, 0.3) is 5.91 Å². The van der Waals surface area contributed by atoms with Crippen LogP contribution < -0.4 is 0 Å². The van der Waals surface area contributed by atoms with Crippen molar-refractivity contribution >= 4 is 29.3 Å². The van der Waals surface area contributed by atoms with Crippen molar-refractivity contribution in [3.8, 4) is 0 Å². The Morgan fingerprint density at radius 1 is 1.40 bits per heavy atom. The second-order valence-electron chi connectivity index (χ2n) is 5.87. The van der Waals surface area contributed by atoms with Crippen LogP contribution in [0.4, 0.5) is 0 Å². The number of carboxylic acid groups (broad SMARTS) is 1. The SMILES string of the molecule is CC(N(C)C(=O)c1csc(C=CC(=O)O)c1)C(C)(C)C. The van der Waals surface area contributed by atoms with Crippen molar-refractivity contribution in [1.82, 2.24) is 4.90 Å². The molecule has 1 aromatic rings. The van der Waals surface area contributed by atoms with Gasteiger partial charge >= 0.3 is 5.97 Å². The number of aliphatic carboxylic acids is 1. The molecule has 1 aromatic heterocycles. The number of carbonyl (C=O) groups is 2. The van der Waals surface area contributed by atoms with Gasteiger partial charge in [0.1, 0.15) is 0 Å². The molecule has 0 saturated carbocycles. The van der Waals surface area contributed by atoms with E-state index in [-0.39, 0.29) is 17.4 Å². The number of rotatable bonds is 4. The van der Waals surface area contributed by atoms with E-state index < -0.39 is 5.97 Å². The third kappa shape index (κ3) is 4.20. The fraction of sp³-hybridized carbons (Fsp3) is 0.467. The highest BCUT2D eigenvalue weighted by molar-refractivity contribution is 7.11. The molecule has 0 aromatic carbocycles. The van der Waals surface area contributed by atoms with Gasteiger partial charge in [-0.1, -0.05) is 20.8 Å². The van der Waals surface area contributed by atoms with E-state index in [1.165, 1.54) is 17.4 Å². The molecule has 0 spiro atoms. The molecule has 0 fully saturated rings. The molecule has 1 rings (SSSR count). The molecule has 1 amide bonds. The molecule has 0 bridgehead atoms. The summed E-state index contributed by atoms with van der Waals surface area (Å²) in [5.41, 5.74) is 0.602. The Kier molecular flexibility index (Phi) is 5.11. The van der Waals surface area contributed by atoms with Crippen molar-refractivity contribution in [1.29, 1.82) is 0 Å². The van der Waals surface area contributed by atoms with Crippen molar-refractivity contribution in [3.63, 3.8) is 0 Å². The monoisotopic (exact) mass is 295 g/mol. The Balaban J connectivity index is 2.86. The van der Waals surface area contributed by atoms with Crippen molar-refractivity contribution < 1.29 is 14.7 Å². The van der Waals surface area contributed by atoms with E-state index >= 15 is 0 Å². The first-order chi connectivity index (χ1) is 9.12. The van der Waals surface area contributed by atoms with Gasteiger partial charge in [-0.05, 0) is 24.5 Å². The molecule has 0 saturated heterocycles. The van der Waals surface area contributed by atoms with E-state index in [0.29, 0.717) is 5.56 Å². The molecular weight excluding hydrogens is 274 g/mol. The maximum atomic E-state index is 12.4. The molecule has 1 atom stereocenters. The Morgan fingerprint density at radius 3 is 2.50 bits per heavy atom. The van der Waals surface area contributed by atoms with E-state index in [1.807, 2.05) is 6.92 Å². The molecule has 1 heterocycles. The average Bonchev–Trinajstić information content (AvgIpc) is 2.81. The lowest BCUT2D eigenvalue weighted by Gasteiger charge is -2.35. The van der Waals surface area contributed by atoms with Crippen LogP contribution in [0.2, 0.25) is 0 Å². The predicted molar refractivity (Wildman–Crippen MR) is 82.0 cm³/mol. The predicted octanol–water partition coefficient (Wildman–Crippen LogP) is 3.35. The zero-order valence-corrected chi connectivity index (χ0v) is 13.3. The van der Waals surface area contributed by atoms with E-state index in [0.717, 1.165) is 11.0 Å². The quantitative estimate of drug-likeness (QED) is 0.867. The third-order valence-corrected chi connectivity index (χ3v) is 4.31. The topological polar surface area (TPSA) is 57.6 Å². The van der Waals surface area contributed by atoms with Gasteiger partial charge in [0.15, 0.2) is 0 Å². The molecule has 110 valence electrons. The van der Waals surface area contributed by atoms with Gasteiger partial charge in [-0.25, -0.2) is 4.79 Å². The summed E-state index contributed by atoms with van der Waals surface area (Å²) < 4.78 is 0. The molecule has 4 nitrogen and oxygen atoms in total. The minimum Gasteiger partial charge on any atom is -0.478 e. The van der Waals surface area contributed by atoms with Gasteiger partial charge in [0.2, 0.25) is 0 Å². The lowest BCUT2D eigenvalue weighted by atomic mass is 9.87. The molecule has 0 aliphatic rings. The van der Waals surface area contributed by atoms with Crippen molar-refractivity contribution in [2.75, 3.05) is 7.05 Å².